The van der Waals surface area contributed by atoms with Crippen molar-refractivity contribution >= 4 is 11.3 Å². The molecule has 108 valence electrons. The van der Waals surface area contributed by atoms with Gasteiger partial charge in [-0.3, -0.25) is 0 Å². The van der Waals surface area contributed by atoms with Crippen molar-refractivity contribution in [1.82, 2.24) is 4.90 Å². The Hall–Kier alpha value is -1.16. The Kier molecular flexibility index (Phi) is 6.25. The third-order valence-electron chi connectivity index (χ3n) is 3.60. The summed E-state index contributed by atoms with van der Waals surface area (Å²) in [4.78, 5) is 3.87. The molecule has 1 aromatic carbocycles. The summed E-state index contributed by atoms with van der Waals surface area (Å²) < 4.78 is 0. The van der Waals surface area contributed by atoms with Crippen molar-refractivity contribution in [3.8, 4) is 0 Å². The van der Waals surface area contributed by atoms with E-state index >= 15 is 0 Å². The molecule has 0 spiro atoms. The summed E-state index contributed by atoms with van der Waals surface area (Å²) >= 11 is 1.84. The Morgan fingerprint density at radius 2 is 1.90 bits per heavy atom. The zero-order valence-corrected chi connectivity index (χ0v) is 13.0. The van der Waals surface area contributed by atoms with Crippen LogP contribution in [-0.2, 0) is 6.42 Å². The number of nitrogens with zero attached hydrogens (tertiary/aromatic N) is 1. The van der Waals surface area contributed by atoms with Crippen molar-refractivity contribution in [1.29, 1.82) is 0 Å². The second-order valence-electron chi connectivity index (χ2n) is 5.29. The zero-order valence-electron chi connectivity index (χ0n) is 12.2. The highest BCUT2D eigenvalue weighted by Gasteiger charge is 2.06. The van der Waals surface area contributed by atoms with Gasteiger partial charge in [-0.25, -0.2) is 0 Å². The van der Waals surface area contributed by atoms with Gasteiger partial charge in [-0.05, 0) is 49.9 Å². The Morgan fingerprint density at radius 1 is 1.10 bits per heavy atom. The van der Waals surface area contributed by atoms with Crippen molar-refractivity contribution in [2.75, 3.05) is 20.1 Å². The molecule has 0 saturated heterocycles. The second kappa shape index (κ2) is 8.20. The quantitative estimate of drug-likeness (QED) is 0.802. The summed E-state index contributed by atoms with van der Waals surface area (Å²) in [5, 5.41) is 2.15. The van der Waals surface area contributed by atoms with E-state index in [-0.39, 0.29) is 6.04 Å². The van der Waals surface area contributed by atoms with Gasteiger partial charge in [0, 0.05) is 17.5 Å². The van der Waals surface area contributed by atoms with Crippen LogP contribution >= 0.6 is 11.3 Å². The van der Waals surface area contributed by atoms with E-state index < -0.39 is 0 Å². The molecule has 1 heterocycles. The van der Waals surface area contributed by atoms with Gasteiger partial charge in [-0.15, -0.1) is 11.3 Å². The molecule has 2 aromatic rings. The number of thiophene rings is 1. The summed E-state index contributed by atoms with van der Waals surface area (Å²) in [5.74, 6) is 0. The van der Waals surface area contributed by atoms with Crippen LogP contribution in [0.1, 0.15) is 29.3 Å². The molecular formula is C17H24N2S. The highest BCUT2D eigenvalue weighted by Crippen LogP contribution is 2.15. The Bertz CT molecular complexity index is 467. The second-order valence-corrected chi connectivity index (χ2v) is 6.32. The highest BCUT2D eigenvalue weighted by atomic mass is 32.1. The van der Waals surface area contributed by atoms with E-state index in [1.807, 2.05) is 17.4 Å². The molecule has 2 rings (SSSR count). The topological polar surface area (TPSA) is 29.3 Å². The summed E-state index contributed by atoms with van der Waals surface area (Å²) in [7, 11) is 2.20. The minimum absolute atomic E-state index is 0.168. The van der Waals surface area contributed by atoms with E-state index in [0.29, 0.717) is 0 Å². The van der Waals surface area contributed by atoms with E-state index in [9.17, 15) is 0 Å². The molecule has 2 N–H and O–H groups in total. The van der Waals surface area contributed by atoms with E-state index in [1.54, 1.807) is 0 Å². The molecule has 0 aliphatic carbocycles. The normalized spacial score (nSPS) is 12.8. The van der Waals surface area contributed by atoms with E-state index in [2.05, 4.69) is 53.7 Å². The monoisotopic (exact) mass is 288 g/mol. The third-order valence-corrected chi connectivity index (χ3v) is 4.54. The Labute approximate surface area is 126 Å². The van der Waals surface area contributed by atoms with Crippen LogP contribution in [0.15, 0.2) is 47.8 Å². The first-order valence-corrected chi connectivity index (χ1v) is 8.15. The molecule has 0 aliphatic rings. The molecule has 0 fully saturated rings. The maximum absolute atomic E-state index is 6.22. The molecule has 0 saturated carbocycles. The SMILES string of the molecule is CN(CCCC(N)c1ccccc1)CCc1cccs1. The molecule has 1 aromatic heterocycles. The van der Waals surface area contributed by atoms with Gasteiger partial charge >= 0.3 is 0 Å². The van der Waals surface area contributed by atoms with Gasteiger partial charge in [0.15, 0.2) is 0 Å². The number of benzene rings is 1. The van der Waals surface area contributed by atoms with E-state index in [1.165, 1.54) is 10.4 Å². The van der Waals surface area contributed by atoms with E-state index in [0.717, 1.165) is 32.4 Å². The molecule has 1 unspecified atom stereocenters. The fraction of sp³-hybridized carbons (Fsp3) is 0.412. The molecule has 3 heteroatoms. The minimum Gasteiger partial charge on any atom is -0.324 e. The average molecular weight is 288 g/mol. The van der Waals surface area contributed by atoms with Crippen LogP contribution in [0.5, 0.6) is 0 Å². The van der Waals surface area contributed by atoms with Crippen LogP contribution in [0.4, 0.5) is 0 Å². The van der Waals surface area contributed by atoms with E-state index in [4.69, 9.17) is 5.73 Å². The van der Waals surface area contributed by atoms with Gasteiger partial charge in [0.05, 0.1) is 0 Å². The molecule has 0 aliphatic heterocycles. The maximum Gasteiger partial charge on any atom is 0.0295 e. The first-order chi connectivity index (χ1) is 9.75. The van der Waals surface area contributed by atoms with Gasteiger partial charge in [0.1, 0.15) is 0 Å². The molecule has 0 radical (unpaired) electrons. The Balaban J connectivity index is 1.62. The van der Waals surface area contributed by atoms with Crippen LogP contribution in [0.3, 0.4) is 0 Å². The molecule has 0 bridgehead atoms. The van der Waals surface area contributed by atoms with Crippen molar-refractivity contribution in [2.24, 2.45) is 5.73 Å². The molecule has 0 amide bonds. The van der Waals surface area contributed by atoms with Crippen LogP contribution < -0.4 is 5.73 Å². The summed E-state index contributed by atoms with van der Waals surface area (Å²) in [5.41, 5.74) is 7.46. The maximum atomic E-state index is 6.22. The number of rotatable bonds is 8. The molecule has 2 nitrogen and oxygen atoms in total. The fourth-order valence-electron chi connectivity index (χ4n) is 2.32. The Morgan fingerprint density at radius 3 is 2.60 bits per heavy atom. The minimum atomic E-state index is 0.168. The lowest BCUT2D eigenvalue weighted by atomic mass is 10.0. The summed E-state index contributed by atoms with van der Waals surface area (Å²) in [6.45, 7) is 2.24. The van der Waals surface area contributed by atoms with Gasteiger partial charge in [0.2, 0.25) is 0 Å². The van der Waals surface area contributed by atoms with Crippen LogP contribution in [-0.4, -0.2) is 25.0 Å². The summed E-state index contributed by atoms with van der Waals surface area (Å²) in [6, 6.07) is 14.9. The van der Waals surface area contributed by atoms with Crippen LogP contribution in [0.25, 0.3) is 0 Å². The molecular weight excluding hydrogens is 264 g/mol. The summed E-state index contributed by atoms with van der Waals surface area (Å²) in [6.07, 6.45) is 3.35. The lowest BCUT2D eigenvalue weighted by molar-refractivity contribution is 0.326. The van der Waals surface area contributed by atoms with Gasteiger partial charge in [0.25, 0.3) is 0 Å². The fourth-order valence-corrected chi connectivity index (χ4v) is 3.01. The van der Waals surface area contributed by atoms with Crippen molar-refractivity contribution in [3.05, 3.63) is 58.3 Å². The average Bonchev–Trinajstić information content (AvgIpc) is 2.99. The first kappa shape index (κ1) is 15.2. The lowest BCUT2D eigenvalue weighted by Crippen LogP contribution is -2.23. The number of nitrogens with two attached hydrogens (primary N) is 1. The largest absolute Gasteiger partial charge is 0.324 e. The van der Waals surface area contributed by atoms with Gasteiger partial charge in [-0.2, -0.15) is 0 Å². The predicted octanol–water partition coefficient (Wildman–Crippen LogP) is 3.70. The van der Waals surface area contributed by atoms with Crippen LogP contribution in [0.2, 0.25) is 0 Å². The van der Waals surface area contributed by atoms with Crippen LogP contribution in [0, 0.1) is 0 Å². The molecule has 20 heavy (non-hydrogen) atoms. The molecule has 1 atom stereocenters. The number of hydrogen-bond donors (Lipinski definition) is 1. The van der Waals surface area contributed by atoms with Crippen molar-refractivity contribution in [3.63, 3.8) is 0 Å². The van der Waals surface area contributed by atoms with Gasteiger partial charge in [-0.1, -0.05) is 36.4 Å². The first-order valence-electron chi connectivity index (χ1n) is 7.27. The smallest absolute Gasteiger partial charge is 0.0295 e. The standard InChI is InChI=1S/C17H24N2S/c1-19(13-11-16-9-6-14-20-16)12-5-10-17(18)15-7-3-2-4-8-15/h2-4,6-9,14,17H,5,10-13,18H2,1H3. The number of likely N-dealkylation sites (N-methyl/N-ethyl adjacent to an activating group) is 1. The van der Waals surface area contributed by atoms with Crippen molar-refractivity contribution < 1.29 is 0 Å². The van der Waals surface area contributed by atoms with Crippen molar-refractivity contribution in [2.45, 2.75) is 25.3 Å². The zero-order chi connectivity index (χ0) is 14.2. The highest BCUT2D eigenvalue weighted by molar-refractivity contribution is 7.09. The third kappa shape index (κ3) is 5.08. The predicted molar refractivity (Wildman–Crippen MR) is 88.1 cm³/mol. The van der Waals surface area contributed by atoms with Gasteiger partial charge < -0.3 is 10.6 Å². The number of hydrogen-bond acceptors (Lipinski definition) is 3. The lowest BCUT2D eigenvalue weighted by Gasteiger charge is -2.18.